The first-order chi connectivity index (χ1) is 8.99. The summed E-state index contributed by atoms with van der Waals surface area (Å²) < 4.78 is 2.25. The Balaban J connectivity index is 2.33. The number of hydrogen-bond acceptors (Lipinski definition) is 0. The Kier molecular flexibility index (Phi) is 5.32. The molecule has 100 valence electrons. The third-order valence-corrected chi connectivity index (χ3v) is 5.09. The molecule has 0 heterocycles. The molecular formula is C16H15BrClI. The molecule has 0 saturated heterocycles. The second-order valence-electron chi connectivity index (χ2n) is 4.85. The number of alkyl halides is 1. The van der Waals surface area contributed by atoms with Gasteiger partial charge in [0.05, 0.1) is 5.38 Å². The minimum absolute atomic E-state index is 0.106. The molecule has 19 heavy (non-hydrogen) atoms. The van der Waals surface area contributed by atoms with E-state index in [1.165, 1.54) is 9.13 Å². The van der Waals surface area contributed by atoms with Gasteiger partial charge in [-0.2, -0.15) is 0 Å². The largest absolute Gasteiger partial charge is 0.113 e. The summed E-state index contributed by atoms with van der Waals surface area (Å²) in [5.74, 6) is 0.550. The first-order valence-electron chi connectivity index (χ1n) is 6.18. The van der Waals surface area contributed by atoms with Gasteiger partial charge < -0.3 is 0 Å². The number of benzene rings is 2. The van der Waals surface area contributed by atoms with E-state index in [0.29, 0.717) is 5.92 Å². The van der Waals surface area contributed by atoms with Crippen molar-refractivity contribution in [2.45, 2.75) is 25.1 Å². The summed E-state index contributed by atoms with van der Waals surface area (Å²) in [6, 6.07) is 14.8. The average molecular weight is 450 g/mol. The second kappa shape index (κ2) is 6.59. The van der Waals surface area contributed by atoms with Crippen molar-refractivity contribution in [3.05, 3.63) is 67.2 Å². The summed E-state index contributed by atoms with van der Waals surface area (Å²) >= 11 is 12.5. The predicted octanol–water partition coefficient (Wildman–Crippen LogP) is 6.51. The zero-order valence-corrected chi connectivity index (χ0v) is 15.3. The summed E-state index contributed by atoms with van der Waals surface area (Å²) in [5, 5.41) is -0.106. The van der Waals surface area contributed by atoms with Crippen molar-refractivity contribution in [3.63, 3.8) is 0 Å². The second-order valence-corrected chi connectivity index (χ2v) is 7.36. The Morgan fingerprint density at radius 2 is 1.58 bits per heavy atom. The van der Waals surface area contributed by atoms with E-state index in [1.807, 2.05) is 6.07 Å². The molecule has 0 amide bonds. The molecular weight excluding hydrogens is 434 g/mol. The van der Waals surface area contributed by atoms with Gasteiger partial charge in [0.1, 0.15) is 0 Å². The lowest BCUT2D eigenvalue weighted by Gasteiger charge is -2.14. The van der Waals surface area contributed by atoms with Crippen LogP contribution < -0.4 is 0 Å². The van der Waals surface area contributed by atoms with Crippen LogP contribution in [0.4, 0.5) is 0 Å². The van der Waals surface area contributed by atoms with Gasteiger partial charge >= 0.3 is 0 Å². The Hall–Kier alpha value is -0.0600. The van der Waals surface area contributed by atoms with Gasteiger partial charge in [0.2, 0.25) is 0 Å². The summed E-state index contributed by atoms with van der Waals surface area (Å²) in [5.41, 5.74) is 3.63. The summed E-state index contributed by atoms with van der Waals surface area (Å²) in [6.45, 7) is 4.40. The first-order valence-corrected chi connectivity index (χ1v) is 8.48. The Labute approximate surface area is 141 Å². The van der Waals surface area contributed by atoms with Gasteiger partial charge in [-0.3, -0.25) is 0 Å². The molecule has 0 saturated carbocycles. The van der Waals surface area contributed by atoms with Crippen molar-refractivity contribution >= 4 is 50.1 Å². The highest BCUT2D eigenvalue weighted by Gasteiger charge is 2.14. The van der Waals surface area contributed by atoms with Crippen molar-refractivity contribution in [1.82, 2.24) is 0 Å². The highest BCUT2D eigenvalue weighted by atomic mass is 127. The van der Waals surface area contributed by atoms with Gasteiger partial charge in [0.25, 0.3) is 0 Å². The van der Waals surface area contributed by atoms with E-state index in [9.17, 15) is 0 Å². The molecule has 0 N–H and O–H groups in total. The van der Waals surface area contributed by atoms with Gasteiger partial charge in [0, 0.05) is 8.04 Å². The van der Waals surface area contributed by atoms with Crippen LogP contribution in [0.3, 0.4) is 0 Å². The number of rotatable bonds is 3. The summed E-state index contributed by atoms with van der Waals surface area (Å²) in [4.78, 5) is 0. The van der Waals surface area contributed by atoms with Crippen LogP contribution >= 0.6 is 50.1 Å². The van der Waals surface area contributed by atoms with E-state index in [0.717, 1.165) is 15.6 Å². The molecule has 0 aliphatic rings. The SMILES string of the molecule is CC(C)c1ccc(C(Cl)c2cc(Br)ccc2I)cc1. The maximum atomic E-state index is 6.62. The normalized spacial score (nSPS) is 12.7. The number of halogens is 3. The lowest BCUT2D eigenvalue weighted by Crippen LogP contribution is -1.97. The molecule has 2 aromatic carbocycles. The molecule has 0 fully saturated rings. The molecule has 1 unspecified atom stereocenters. The standard InChI is InChI=1S/C16H15BrClI/c1-10(2)11-3-5-12(6-4-11)16(18)14-9-13(17)7-8-15(14)19/h3-10,16H,1-2H3. The smallest absolute Gasteiger partial charge is 0.0846 e. The van der Waals surface area contributed by atoms with Crippen molar-refractivity contribution in [2.75, 3.05) is 0 Å². The van der Waals surface area contributed by atoms with Crippen LogP contribution in [0.2, 0.25) is 0 Å². The molecule has 0 aromatic heterocycles. The summed E-state index contributed by atoms with van der Waals surface area (Å²) in [6.07, 6.45) is 0. The third kappa shape index (κ3) is 3.73. The van der Waals surface area contributed by atoms with Crippen LogP contribution in [-0.2, 0) is 0 Å². The van der Waals surface area contributed by atoms with Crippen LogP contribution in [0.15, 0.2) is 46.9 Å². The Morgan fingerprint density at radius 1 is 1.00 bits per heavy atom. The Bertz CT molecular complexity index is 563. The third-order valence-electron chi connectivity index (χ3n) is 3.13. The van der Waals surface area contributed by atoms with Crippen LogP contribution in [0.1, 0.15) is 41.8 Å². The maximum Gasteiger partial charge on any atom is 0.0846 e. The molecule has 0 aliphatic heterocycles. The average Bonchev–Trinajstić information content (AvgIpc) is 2.41. The molecule has 0 spiro atoms. The van der Waals surface area contributed by atoms with E-state index >= 15 is 0 Å². The molecule has 2 rings (SSSR count). The van der Waals surface area contributed by atoms with Crippen molar-refractivity contribution < 1.29 is 0 Å². The van der Waals surface area contributed by atoms with Crippen LogP contribution in [0.5, 0.6) is 0 Å². The predicted molar refractivity (Wildman–Crippen MR) is 95.1 cm³/mol. The van der Waals surface area contributed by atoms with E-state index < -0.39 is 0 Å². The highest BCUT2D eigenvalue weighted by Crippen LogP contribution is 2.34. The van der Waals surface area contributed by atoms with Gasteiger partial charge in [0.15, 0.2) is 0 Å². The number of hydrogen-bond donors (Lipinski definition) is 0. The van der Waals surface area contributed by atoms with Crippen LogP contribution in [-0.4, -0.2) is 0 Å². The molecule has 1 atom stereocenters. The van der Waals surface area contributed by atoms with E-state index in [4.69, 9.17) is 11.6 Å². The first kappa shape index (κ1) is 15.3. The van der Waals surface area contributed by atoms with Crippen LogP contribution in [0.25, 0.3) is 0 Å². The van der Waals surface area contributed by atoms with E-state index in [1.54, 1.807) is 0 Å². The van der Waals surface area contributed by atoms with Crippen molar-refractivity contribution in [2.24, 2.45) is 0 Å². The summed E-state index contributed by atoms with van der Waals surface area (Å²) in [7, 11) is 0. The van der Waals surface area contributed by atoms with Gasteiger partial charge in [-0.05, 0) is 63.4 Å². The lowest BCUT2D eigenvalue weighted by molar-refractivity contribution is 0.865. The van der Waals surface area contributed by atoms with Crippen molar-refractivity contribution in [3.8, 4) is 0 Å². The van der Waals surface area contributed by atoms with Crippen LogP contribution in [0, 0.1) is 3.57 Å². The minimum Gasteiger partial charge on any atom is -0.113 e. The molecule has 3 heteroatoms. The fourth-order valence-corrected chi connectivity index (χ4v) is 3.47. The van der Waals surface area contributed by atoms with Crippen molar-refractivity contribution in [1.29, 1.82) is 0 Å². The Morgan fingerprint density at radius 3 is 2.16 bits per heavy atom. The maximum absolute atomic E-state index is 6.62. The molecule has 0 bridgehead atoms. The fraction of sp³-hybridized carbons (Fsp3) is 0.250. The quantitative estimate of drug-likeness (QED) is 0.370. The lowest BCUT2D eigenvalue weighted by atomic mass is 9.98. The topological polar surface area (TPSA) is 0 Å². The van der Waals surface area contributed by atoms with Gasteiger partial charge in [-0.1, -0.05) is 54.0 Å². The minimum atomic E-state index is -0.106. The zero-order valence-electron chi connectivity index (χ0n) is 10.8. The van der Waals surface area contributed by atoms with Gasteiger partial charge in [-0.25, -0.2) is 0 Å². The highest BCUT2D eigenvalue weighted by molar-refractivity contribution is 14.1. The zero-order chi connectivity index (χ0) is 14.0. The monoisotopic (exact) mass is 448 g/mol. The van der Waals surface area contributed by atoms with E-state index in [2.05, 4.69) is 88.8 Å². The molecule has 0 radical (unpaired) electrons. The molecule has 0 nitrogen and oxygen atoms in total. The van der Waals surface area contributed by atoms with E-state index in [-0.39, 0.29) is 5.38 Å². The fourth-order valence-electron chi connectivity index (χ4n) is 1.94. The molecule has 0 aliphatic carbocycles. The van der Waals surface area contributed by atoms with Gasteiger partial charge in [-0.15, -0.1) is 11.6 Å². The molecule has 2 aromatic rings.